The third-order valence-electron chi connectivity index (χ3n) is 3.66. The van der Waals surface area contributed by atoms with Gasteiger partial charge < -0.3 is 10.6 Å². The molecule has 6 nitrogen and oxygen atoms in total. The fourth-order valence-corrected chi connectivity index (χ4v) is 2.51. The first-order chi connectivity index (χ1) is 12.6. The van der Waals surface area contributed by atoms with Crippen molar-refractivity contribution < 1.29 is 9.59 Å². The monoisotopic (exact) mass is 368 g/mol. The van der Waals surface area contributed by atoms with E-state index in [9.17, 15) is 9.59 Å². The van der Waals surface area contributed by atoms with Crippen molar-refractivity contribution in [2.24, 2.45) is 0 Å². The predicted molar refractivity (Wildman–Crippen MR) is 99.2 cm³/mol. The fourth-order valence-electron chi connectivity index (χ4n) is 2.32. The van der Waals surface area contributed by atoms with Gasteiger partial charge in [-0.1, -0.05) is 48.0 Å². The van der Waals surface area contributed by atoms with Gasteiger partial charge in [-0.2, -0.15) is 5.10 Å². The molecule has 0 saturated heterocycles. The Bertz CT molecular complexity index is 909. The number of halogens is 1. The lowest BCUT2D eigenvalue weighted by Gasteiger charge is -2.06. The number of hydrogen-bond acceptors (Lipinski definition) is 3. The fraction of sp³-hybridized carbons (Fsp3) is 0.105. The lowest BCUT2D eigenvalue weighted by molar-refractivity contribution is -0.120. The van der Waals surface area contributed by atoms with Crippen molar-refractivity contribution in [1.82, 2.24) is 20.4 Å². The third-order valence-corrected chi connectivity index (χ3v) is 3.89. The quantitative estimate of drug-likeness (QED) is 0.702. The molecule has 0 unspecified atom stereocenters. The van der Waals surface area contributed by atoms with Crippen molar-refractivity contribution in [3.05, 3.63) is 83.1 Å². The summed E-state index contributed by atoms with van der Waals surface area (Å²) in [5, 5.41) is 10.1. The molecule has 1 aromatic heterocycles. The smallest absolute Gasteiger partial charge is 0.254 e. The zero-order valence-electron chi connectivity index (χ0n) is 13.9. The van der Waals surface area contributed by atoms with Crippen LogP contribution in [0.15, 0.2) is 67.0 Å². The van der Waals surface area contributed by atoms with Gasteiger partial charge in [0, 0.05) is 17.8 Å². The van der Waals surface area contributed by atoms with Crippen LogP contribution in [0.4, 0.5) is 0 Å². The Morgan fingerprint density at radius 1 is 1.04 bits per heavy atom. The normalized spacial score (nSPS) is 10.3. The maximum Gasteiger partial charge on any atom is 0.254 e. The van der Waals surface area contributed by atoms with E-state index in [1.807, 2.05) is 36.4 Å². The van der Waals surface area contributed by atoms with Crippen LogP contribution >= 0.6 is 11.6 Å². The molecule has 2 N–H and O–H groups in total. The number of amides is 2. The Morgan fingerprint density at radius 2 is 1.85 bits per heavy atom. The number of nitrogens with zero attached hydrogens (tertiary/aromatic N) is 2. The molecular formula is C19H17ClN4O2. The summed E-state index contributed by atoms with van der Waals surface area (Å²) in [5.74, 6) is -0.627. The first-order valence-corrected chi connectivity index (χ1v) is 8.39. The minimum atomic E-state index is -0.367. The lowest BCUT2D eigenvalue weighted by Crippen LogP contribution is -2.36. The predicted octanol–water partition coefficient (Wildman–Crippen LogP) is 2.57. The number of hydrogen-bond donors (Lipinski definition) is 2. The molecule has 2 amide bonds. The van der Waals surface area contributed by atoms with Gasteiger partial charge in [-0.25, -0.2) is 4.68 Å². The summed E-state index contributed by atoms with van der Waals surface area (Å²) in [6.07, 6.45) is 3.03. The second-order valence-electron chi connectivity index (χ2n) is 5.60. The molecule has 0 aliphatic carbocycles. The van der Waals surface area contributed by atoms with Gasteiger partial charge in [0.15, 0.2) is 0 Å². The minimum absolute atomic E-state index is 0.103. The van der Waals surface area contributed by atoms with Crippen LogP contribution in [0, 0.1) is 0 Å². The van der Waals surface area contributed by atoms with Crippen LogP contribution in [0.5, 0.6) is 0 Å². The molecule has 132 valence electrons. The van der Waals surface area contributed by atoms with Crippen LogP contribution in [0.2, 0.25) is 5.02 Å². The van der Waals surface area contributed by atoms with E-state index in [0.717, 1.165) is 11.3 Å². The van der Waals surface area contributed by atoms with E-state index in [2.05, 4.69) is 15.7 Å². The molecule has 0 atom stereocenters. The van der Waals surface area contributed by atoms with E-state index >= 15 is 0 Å². The molecule has 0 fully saturated rings. The number of benzene rings is 2. The maximum absolute atomic E-state index is 12.2. The van der Waals surface area contributed by atoms with E-state index in [0.29, 0.717) is 17.1 Å². The van der Waals surface area contributed by atoms with Crippen molar-refractivity contribution in [3.8, 4) is 5.69 Å². The highest BCUT2D eigenvalue weighted by atomic mass is 35.5. The molecule has 3 aromatic rings. The lowest BCUT2D eigenvalue weighted by atomic mass is 10.2. The summed E-state index contributed by atoms with van der Waals surface area (Å²) in [7, 11) is 0. The average Bonchev–Trinajstić information content (AvgIpc) is 3.15. The van der Waals surface area contributed by atoms with E-state index in [-0.39, 0.29) is 18.4 Å². The van der Waals surface area contributed by atoms with Gasteiger partial charge in [-0.3, -0.25) is 9.59 Å². The van der Waals surface area contributed by atoms with E-state index in [1.54, 1.807) is 29.1 Å². The average molecular weight is 369 g/mol. The van der Waals surface area contributed by atoms with Crippen molar-refractivity contribution >= 4 is 23.4 Å². The number of carbonyl (C=O) groups is 2. The first kappa shape index (κ1) is 17.7. The molecule has 26 heavy (non-hydrogen) atoms. The van der Waals surface area contributed by atoms with Crippen LogP contribution in [0.25, 0.3) is 5.69 Å². The highest BCUT2D eigenvalue weighted by Crippen LogP contribution is 2.14. The Balaban J connectivity index is 1.51. The van der Waals surface area contributed by atoms with Gasteiger partial charge in [0.1, 0.15) is 0 Å². The van der Waals surface area contributed by atoms with Gasteiger partial charge in [0.25, 0.3) is 5.91 Å². The van der Waals surface area contributed by atoms with E-state index < -0.39 is 0 Å². The van der Waals surface area contributed by atoms with Gasteiger partial charge in [-0.05, 0) is 23.8 Å². The van der Waals surface area contributed by atoms with Gasteiger partial charge in [0.05, 0.1) is 24.0 Å². The van der Waals surface area contributed by atoms with Gasteiger partial charge in [-0.15, -0.1) is 0 Å². The zero-order chi connectivity index (χ0) is 18.4. The second kappa shape index (κ2) is 8.31. The summed E-state index contributed by atoms with van der Waals surface area (Å²) in [5.41, 5.74) is 2.10. The van der Waals surface area contributed by atoms with Crippen LogP contribution in [0.3, 0.4) is 0 Å². The topological polar surface area (TPSA) is 76.0 Å². The summed E-state index contributed by atoms with van der Waals surface area (Å²) in [6, 6.07) is 16.7. The molecule has 1 heterocycles. The van der Waals surface area contributed by atoms with Crippen molar-refractivity contribution in [1.29, 1.82) is 0 Å². The Kier molecular flexibility index (Phi) is 5.66. The molecule has 7 heteroatoms. The molecule has 0 aliphatic heterocycles. The van der Waals surface area contributed by atoms with Gasteiger partial charge in [0.2, 0.25) is 5.91 Å². The summed E-state index contributed by atoms with van der Waals surface area (Å²) in [4.78, 5) is 24.0. The number of rotatable bonds is 6. The molecule has 0 radical (unpaired) electrons. The SMILES string of the molecule is O=C(CNC(=O)c1cnn(-c2cccc(Cl)c2)c1)NCc1ccccc1. The standard InChI is InChI=1S/C19H17ClN4O2/c20-16-7-4-8-17(9-16)24-13-15(11-23-24)19(26)22-12-18(25)21-10-14-5-2-1-3-6-14/h1-9,11,13H,10,12H2,(H,21,25)(H,22,26). The number of nitrogens with one attached hydrogen (secondary N) is 2. The van der Waals surface area contributed by atoms with Crippen molar-refractivity contribution in [3.63, 3.8) is 0 Å². The van der Waals surface area contributed by atoms with E-state index in [4.69, 9.17) is 11.6 Å². The van der Waals surface area contributed by atoms with Crippen LogP contribution in [-0.4, -0.2) is 28.1 Å². The van der Waals surface area contributed by atoms with Crippen LogP contribution in [0.1, 0.15) is 15.9 Å². The number of aromatic nitrogens is 2. The maximum atomic E-state index is 12.2. The highest BCUT2D eigenvalue weighted by Gasteiger charge is 2.11. The molecule has 0 aliphatic rings. The summed E-state index contributed by atoms with van der Waals surface area (Å²) >= 11 is 5.96. The molecule has 0 saturated carbocycles. The summed E-state index contributed by atoms with van der Waals surface area (Å²) in [6.45, 7) is 0.316. The van der Waals surface area contributed by atoms with Crippen LogP contribution in [-0.2, 0) is 11.3 Å². The summed E-state index contributed by atoms with van der Waals surface area (Å²) < 4.78 is 1.55. The Hall–Kier alpha value is -3.12. The largest absolute Gasteiger partial charge is 0.350 e. The third kappa shape index (κ3) is 4.70. The second-order valence-corrected chi connectivity index (χ2v) is 6.03. The molecule has 3 rings (SSSR count). The van der Waals surface area contributed by atoms with Crippen molar-refractivity contribution in [2.75, 3.05) is 6.54 Å². The van der Waals surface area contributed by atoms with Crippen molar-refractivity contribution in [2.45, 2.75) is 6.54 Å². The Labute approximate surface area is 155 Å². The van der Waals surface area contributed by atoms with Crippen LogP contribution < -0.4 is 10.6 Å². The van der Waals surface area contributed by atoms with E-state index in [1.165, 1.54) is 6.20 Å². The minimum Gasteiger partial charge on any atom is -0.350 e. The van der Waals surface area contributed by atoms with Gasteiger partial charge >= 0.3 is 0 Å². The molecule has 0 spiro atoms. The molecule has 2 aromatic carbocycles. The molecule has 0 bridgehead atoms. The molecular weight excluding hydrogens is 352 g/mol. The highest BCUT2D eigenvalue weighted by molar-refractivity contribution is 6.30. The number of carbonyl (C=O) groups excluding carboxylic acids is 2. The Morgan fingerprint density at radius 3 is 2.62 bits per heavy atom. The first-order valence-electron chi connectivity index (χ1n) is 8.01. The zero-order valence-corrected chi connectivity index (χ0v) is 14.6.